The average Bonchev–Trinajstić information content (AvgIpc) is 2.49. The van der Waals surface area contributed by atoms with Gasteiger partial charge in [0, 0.05) is 19.6 Å². The van der Waals surface area contributed by atoms with Crippen LogP contribution in [0.1, 0.15) is 39.2 Å². The van der Waals surface area contributed by atoms with E-state index in [4.69, 9.17) is 4.74 Å². The smallest absolute Gasteiger partial charge is 0.317 e. The number of hydrogen-bond acceptors (Lipinski definition) is 2. The number of benzene rings is 1. The van der Waals surface area contributed by atoms with E-state index < -0.39 is 0 Å². The minimum absolute atomic E-state index is 0.0376. The third-order valence-corrected chi connectivity index (χ3v) is 3.39. The molecule has 22 heavy (non-hydrogen) atoms. The van der Waals surface area contributed by atoms with E-state index in [1.807, 2.05) is 36.1 Å². The minimum Gasteiger partial charge on any atom is -0.494 e. The van der Waals surface area contributed by atoms with Gasteiger partial charge in [-0.3, -0.25) is 0 Å². The second-order valence-corrected chi connectivity index (χ2v) is 6.03. The second kappa shape index (κ2) is 10.1. The van der Waals surface area contributed by atoms with Gasteiger partial charge in [-0.1, -0.05) is 31.5 Å². The number of urea groups is 1. The summed E-state index contributed by atoms with van der Waals surface area (Å²) in [5.74, 6) is 1.40. The lowest BCUT2D eigenvalue weighted by Crippen LogP contribution is -2.42. The quantitative estimate of drug-likeness (QED) is 0.704. The SMILES string of the molecule is CCN(CC(C)C)C(=O)NCCCCOc1ccc(C)cc1. The number of ether oxygens (including phenoxy) is 1. The summed E-state index contributed by atoms with van der Waals surface area (Å²) in [6.07, 6.45) is 1.86. The molecule has 0 aliphatic rings. The first-order chi connectivity index (χ1) is 10.5. The second-order valence-electron chi connectivity index (χ2n) is 6.03. The zero-order valence-corrected chi connectivity index (χ0v) is 14.4. The van der Waals surface area contributed by atoms with Gasteiger partial charge in [0.15, 0.2) is 0 Å². The molecule has 2 amide bonds. The fourth-order valence-corrected chi connectivity index (χ4v) is 2.16. The summed E-state index contributed by atoms with van der Waals surface area (Å²) < 4.78 is 5.67. The van der Waals surface area contributed by atoms with Crippen molar-refractivity contribution < 1.29 is 9.53 Å². The molecule has 0 saturated carbocycles. The molecule has 0 aromatic heterocycles. The van der Waals surface area contributed by atoms with Gasteiger partial charge in [-0.25, -0.2) is 4.79 Å². The first-order valence-electron chi connectivity index (χ1n) is 8.25. The fraction of sp³-hybridized carbons (Fsp3) is 0.611. The van der Waals surface area contributed by atoms with Gasteiger partial charge in [-0.05, 0) is 44.7 Å². The van der Waals surface area contributed by atoms with Crippen molar-refractivity contribution in [3.63, 3.8) is 0 Å². The third-order valence-electron chi connectivity index (χ3n) is 3.39. The molecule has 0 spiro atoms. The molecular weight excluding hydrogens is 276 g/mol. The molecule has 0 bridgehead atoms. The predicted octanol–water partition coefficient (Wildman–Crippen LogP) is 3.84. The van der Waals surface area contributed by atoms with Crippen LogP contribution >= 0.6 is 0 Å². The summed E-state index contributed by atoms with van der Waals surface area (Å²) in [4.78, 5) is 13.8. The highest BCUT2D eigenvalue weighted by atomic mass is 16.5. The Hall–Kier alpha value is -1.71. The Morgan fingerprint density at radius 2 is 1.91 bits per heavy atom. The normalized spacial score (nSPS) is 10.6. The van der Waals surface area contributed by atoms with Crippen molar-refractivity contribution in [3.05, 3.63) is 29.8 Å². The number of rotatable bonds is 9. The summed E-state index contributed by atoms with van der Waals surface area (Å²) in [6.45, 7) is 11.3. The molecule has 1 rings (SSSR count). The van der Waals surface area contributed by atoms with Crippen molar-refractivity contribution in [1.82, 2.24) is 10.2 Å². The topological polar surface area (TPSA) is 41.6 Å². The standard InChI is InChI=1S/C18H30N2O2/c1-5-20(14-15(2)3)18(21)19-12-6-7-13-22-17-10-8-16(4)9-11-17/h8-11,15H,5-7,12-14H2,1-4H3,(H,19,21). The molecule has 0 saturated heterocycles. The van der Waals surface area contributed by atoms with E-state index in [0.29, 0.717) is 19.1 Å². The Balaban J connectivity index is 2.11. The van der Waals surface area contributed by atoms with Gasteiger partial charge in [0.1, 0.15) is 5.75 Å². The Bertz CT molecular complexity index is 429. The van der Waals surface area contributed by atoms with E-state index in [1.54, 1.807) is 0 Å². The van der Waals surface area contributed by atoms with Crippen LogP contribution in [-0.2, 0) is 0 Å². The number of carbonyl (C=O) groups excluding carboxylic acids is 1. The van der Waals surface area contributed by atoms with Crippen LogP contribution in [0.3, 0.4) is 0 Å². The maximum absolute atomic E-state index is 12.0. The highest BCUT2D eigenvalue weighted by Crippen LogP contribution is 2.11. The average molecular weight is 306 g/mol. The van der Waals surface area contributed by atoms with Gasteiger partial charge >= 0.3 is 6.03 Å². The first kappa shape index (κ1) is 18.3. The van der Waals surface area contributed by atoms with Crippen LogP contribution in [0.4, 0.5) is 4.79 Å². The van der Waals surface area contributed by atoms with Gasteiger partial charge in [0.25, 0.3) is 0 Å². The largest absolute Gasteiger partial charge is 0.494 e. The van der Waals surface area contributed by atoms with Crippen LogP contribution in [0, 0.1) is 12.8 Å². The summed E-state index contributed by atoms with van der Waals surface area (Å²) in [7, 11) is 0. The molecule has 0 fully saturated rings. The molecule has 4 nitrogen and oxygen atoms in total. The number of hydrogen-bond donors (Lipinski definition) is 1. The molecule has 0 heterocycles. The van der Waals surface area contributed by atoms with Crippen molar-refractivity contribution in [2.75, 3.05) is 26.2 Å². The van der Waals surface area contributed by atoms with Crippen LogP contribution in [0.25, 0.3) is 0 Å². The minimum atomic E-state index is 0.0376. The number of nitrogens with one attached hydrogen (secondary N) is 1. The van der Waals surface area contributed by atoms with Crippen LogP contribution in [0.5, 0.6) is 5.75 Å². The molecular formula is C18H30N2O2. The summed E-state index contributed by atoms with van der Waals surface area (Å²) >= 11 is 0. The van der Waals surface area contributed by atoms with E-state index in [1.165, 1.54) is 5.56 Å². The highest BCUT2D eigenvalue weighted by Gasteiger charge is 2.11. The lowest BCUT2D eigenvalue weighted by molar-refractivity contribution is 0.193. The van der Waals surface area contributed by atoms with Gasteiger partial charge in [0.2, 0.25) is 0 Å². The van der Waals surface area contributed by atoms with Crippen LogP contribution in [0.2, 0.25) is 0 Å². The third kappa shape index (κ3) is 7.34. The maximum atomic E-state index is 12.0. The van der Waals surface area contributed by atoms with Gasteiger partial charge in [-0.2, -0.15) is 0 Å². The Morgan fingerprint density at radius 1 is 1.23 bits per heavy atom. The summed E-state index contributed by atoms with van der Waals surface area (Å²) in [5, 5.41) is 2.98. The zero-order valence-electron chi connectivity index (χ0n) is 14.4. The van der Waals surface area contributed by atoms with E-state index >= 15 is 0 Å². The highest BCUT2D eigenvalue weighted by molar-refractivity contribution is 5.74. The number of nitrogens with zero attached hydrogens (tertiary/aromatic N) is 1. The molecule has 0 aliphatic carbocycles. The van der Waals surface area contributed by atoms with Crippen molar-refractivity contribution >= 4 is 6.03 Å². The molecule has 0 aliphatic heterocycles. The summed E-state index contributed by atoms with van der Waals surface area (Å²) in [5.41, 5.74) is 1.23. The molecule has 1 N–H and O–H groups in total. The zero-order chi connectivity index (χ0) is 16.4. The van der Waals surface area contributed by atoms with Crippen molar-refractivity contribution in [1.29, 1.82) is 0 Å². The number of carbonyl (C=O) groups is 1. The monoisotopic (exact) mass is 306 g/mol. The van der Waals surface area contributed by atoms with Gasteiger partial charge < -0.3 is 15.0 Å². The number of amides is 2. The van der Waals surface area contributed by atoms with E-state index in [-0.39, 0.29) is 6.03 Å². The van der Waals surface area contributed by atoms with Crippen molar-refractivity contribution in [3.8, 4) is 5.75 Å². The molecule has 4 heteroatoms. The number of aryl methyl sites for hydroxylation is 1. The number of unbranched alkanes of at least 4 members (excludes halogenated alkanes) is 1. The molecule has 0 radical (unpaired) electrons. The Kier molecular flexibility index (Phi) is 8.41. The van der Waals surface area contributed by atoms with E-state index in [9.17, 15) is 4.79 Å². The van der Waals surface area contributed by atoms with E-state index in [2.05, 4.69) is 26.1 Å². The molecule has 1 aromatic carbocycles. The fourth-order valence-electron chi connectivity index (χ4n) is 2.16. The molecule has 0 atom stereocenters. The van der Waals surface area contributed by atoms with Crippen LogP contribution < -0.4 is 10.1 Å². The molecule has 0 unspecified atom stereocenters. The molecule has 124 valence electrons. The van der Waals surface area contributed by atoms with Crippen LogP contribution in [-0.4, -0.2) is 37.2 Å². The Labute approximate surface area is 134 Å². The predicted molar refractivity (Wildman–Crippen MR) is 91.4 cm³/mol. The van der Waals surface area contributed by atoms with Gasteiger partial charge in [0.05, 0.1) is 6.61 Å². The van der Waals surface area contributed by atoms with Gasteiger partial charge in [-0.15, -0.1) is 0 Å². The van der Waals surface area contributed by atoms with Crippen molar-refractivity contribution in [2.45, 2.75) is 40.5 Å². The maximum Gasteiger partial charge on any atom is 0.317 e. The lowest BCUT2D eigenvalue weighted by atomic mass is 10.2. The molecule has 1 aromatic rings. The summed E-state index contributed by atoms with van der Waals surface area (Å²) in [6, 6.07) is 8.10. The van der Waals surface area contributed by atoms with E-state index in [0.717, 1.165) is 31.7 Å². The lowest BCUT2D eigenvalue weighted by Gasteiger charge is -2.23. The Morgan fingerprint density at radius 3 is 2.50 bits per heavy atom. The van der Waals surface area contributed by atoms with Crippen molar-refractivity contribution in [2.24, 2.45) is 5.92 Å². The first-order valence-corrected chi connectivity index (χ1v) is 8.25. The van der Waals surface area contributed by atoms with Crippen LogP contribution in [0.15, 0.2) is 24.3 Å².